The second kappa shape index (κ2) is 7.39. The molecule has 1 atom stereocenters. The largest absolute Gasteiger partial charge is 0.310 e. The van der Waals surface area contributed by atoms with Gasteiger partial charge in [-0.25, -0.2) is 0 Å². The molecule has 2 rings (SSSR count). The number of thiophene rings is 1. The van der Waals surface area contributed by atoms with E-state index >= 15 is 0 Å². The molecule has 1 heterocycles. The topological polar surface area (TPSA) is 12.0 Å². The fourth-order valence-electron chi connectivity index (χ4n) is 2.41. The number of nitrogens with one attached hydrogen (secondary N) is 1. The van der Waals surface area contributed by atoms with Crippen LogP contribution in [-0.2, 0) is 6.42 Å². The number of halogens is 1. The second-order valence-corrected chi connectivity index (χ2v) is 7.21. The molecule has 108 valence electrons. The number of hydrogen-bond donors (Lipinski definition) is 1. The average molecular weight is 352 g/mol. The van der Waals surface area contributed by atoms with Crippen LogP contribution in [0.15, 0.2) is 34.1 Å². The first-order valence-corrected chi connectivity index (χ1v) is 8.81. The minimum Gasteiger partial charge on any atom is -0.310 e. The van der Waals surface area contributed by atoms with Crippen LogP contribution in [0.3, 0.4) is 0 Å². The molecule has 0 spiro atoms. The normalized spacial score (nSPS) is 12.6. The van der Waals surface area contributed by atoms with E-state index in [9.17, 15) is 0 Å². The summed E-state index contributed by atoms with van der Waals surface area (Å²) in [5, 5.41) is 5.86. The molecule has 0 saturated heterocycles. The van der Waals surface area contributed by atoms with Crippen molar-refractivity contribution in [2.75, 3.05) is 6.54 Å². The summed E-state index contributed by atoms with van der Waals surface area (Å²) >= 11 is 5.38. The van der Waals surface area contributed by atoms with Gasteiger partial charge < -0.3 is 5.32 Å². The Hall–Kier alpha value is -0.640. The molecular weight excluding hydrogens is 330 g/mol. The smallest absolute Gasteiger partial charge is 0.0371 e. The van der Waals surface area contributed by atoms with Gasteiger partial charge in [-0.1, -0.05) is 30.7 Å². The zero-order valence-electron chi connectivity index (χ0n) is 12.4. The number of hydrogen-bond acceptors (Lipinski definition) is 2. The minimum absolute atomic E-state index is 0.403. The molecule has 0 aliphatic rings. The van der Waals surface area contributed by atoms with Crippen molar-refractivity contribution in [3.8, 4) is 0 Å². The summed E-state index contributed by atoms with van der Waals surface area (Å²) in [7, 11) is 0. The third kappa shape index (κ3) is 4.18. The van der Waals surface area contributed by atoms with Gasteiger partial charge in [0.25, 0.3) is 0 Å². The summed E-state index contributed by atoms with van der Waals surface area (Å²) in [4.78, 5) is 1.42. The maximum Gasteiger partial charge on any atom is 0.0371 e. The van der Waals surface area contributed by atoms with E-state index in [2.05, 4.69) is 71.7 Å². The Morgan fingerprint density at radius 2 is 2.05 bits per heavy atom. The number of rotatable bonds is 6. The van der Waals surface area contributed by atoms with Crippen molar-refractivity contribution in [3.05, 3.63) is 55.7 Å². The van der Waals surface area contributed by atoms with Gasteiger partial charge in [0.15, 0.2) is 0 Å². The van der Waals surface area contributed by atoms with E-state index in [0.717, 1.165) is 19.4 Å². The maximum absolute atomic E-state index is 3.70. The van der Waals surface area contributed by atoms with Crippen LogP contribution in [-0.4, -0.2) is 6.54 Å². The Morgan fingerprint density at radius 3 is 2.70 bits per heavy atom. The van der Waals surface area contributed by atoms with Crippen LogP contribution in [0, 0.1) is 13.8 Å². The van der Waals surface area contributed by atoms with Crippen molar-refractivity contribution >= 4 is 27.3 Å². The van der Waals surface area contributed by atoms with Crippen molar-refractivity contribution in [1.82, 2.24) is 5.32 Å². The summed E-state index contributed by atoms with van der Waals surface area (Å²) < 4.78 is 1.19. The molecule has 1 unspecified atom stereocenters. The van der Waals surface area contributed by atoms with Gasteiger partial charge >= 0.3 is 0 Å². The van der Waals surface area contributed by atoms with Crippen molar-refractivity contribution in [2.45, 2.75) is 39.7 Å². The van der Waals surface area contributed by atoms with Gasteiger partial charge in [0.1, 0.15) is 0 Å². The molecular formula is C17H22BrNS. The molecule has 2 aromatic rings. The Morgan fingerprint density at radius 1 is 1.25 bits per heavy atom. The molecule has 1 nitrogen and oxygen atoms in total. The molecule has 0 saturated carbocycles. The fraction of sp³-hybridized carbons (Fsp3) is 0.412. The van der Waals surface area contributed by atoms with Crippen LogP contribution >= 0.6 is 27.3 Å². The zero-order valence-corrected chi connectivity index (χ0v) is 14.8. The highest BCUT2D eigenvalue weighted by molar-refractivity contribution is 9.10. The van der Waals surface area contributed by atoms with Gasteiger partial charge in [-0.2, -0.15) is 0 Å². The van der Waals surface area contributed by atoms with E-state index in [-0.39, 0.29) is 0 Å². The first-order chi connectivity index (χ1) is 9.60. The van der Waals surface area contributed by atoms with Crippen molar-refractivity contribution in [2.24, 2.45) is 0 Å². The molecule has 1 aromatic carbocycles. The Kier molecular flexibility index (Phi) is 5.82. The Labute approximate surface area is 134 Å². The monoisotopic (exact) mass is 351 g/mol. The van der Waals surface area contributed by atoms with E-state index in [1.165, 1.54) is 26.0 Å². The van der Waals surface area contributed by atoms with Crippen molar-refractivity contribution in [1.29, 1.82) is 0 Å². The van der Waals surface area contributed by atoms with Crippen LogP contribution in [0.4, 0.5) is 0 Å². The van der Waals surface area contributed by atoms with Gasteiger partial charge in [-0.05, 0) is 59.9 Å². The molecule has 0 fully saturated rings. The number of aryl methyl sites for hydroxylation is 2. The van der Waals surface area contributed by atoms with E-state index in [0.29, 0.717) is 6.04 Å². The Bertz CT molecular complexity index is 562. The lowest BCUT2D eigenvalue weighted by molar-refractivity contribution is 0.530. The third-order valence-electron chi connectivity index (χ3n) is 3.48. The molecule has 3 heteroatoms. The molecule has 20 heavy (non-hydrogen) atoms. The third-order valence-corrected chi connectivity index (χ3v) is 5.20. The number of benzene rings is 1. The maximum atomic E-state index is 3.70. The van der Waals surface area contributed by atoms with Crippen LogP contribution in [0.5, 0.6) is 0 Å². The van der Waals surface area contributed by atoms with Crippen LogP contribution in [0.2, 0.25) is 0 Å². The molecule has 1 aromatic heterocycles. The first-order valence-electron chi connectivity index (χ1n) is 7.13. The quantitative estimate of drug-likeness (QED) is 0.733. The predicted molar refractivity (Wildman–Crippen MR) is 92.7 cm³/mol. The van der Waals surface area contributed by atoms with Crippen LogP contribution in [0.1, 0.15) is 41.0 Å². The van der Waals surface area contributed by atoms with Crippen LogP contribution in [0.25, 0.3) is 0 Å². The summed E-state index contributed by atoms with van der Waals surface area (Å²) in [5.41, 5.74) is 4.14. The molecule has 1 N–H and O–H groups in total. The van der Waals surface area contributed by atoms with Crippen LogP contribution < -0.4 is 5.32 Å². The molecule has 0 radical (unpaired) electrons. The van der Waals surface area contributed by atoms with Gasteiger partial charge in [-0.15, -0.1) is 11.3 Å². The lowest BCUT2D eigenvalue weighted by Gasteiger charge is -2.21. The van der Waals surface area contributed by atoms with E-state index < -0.39 is 0 Å². The molecule has 0 amide bonds. The lowest BCUT2D eigenvalue weighted by atomic mass is 9.96. The van der Waals surface area contributed by atoms with Gasteiger partial charge in [0, 0.05) is 27.2 Å². The second-order valence-electron chi connectivity index (χ2n) is 5.30. The standard InChI is InChI=1S/C17H22BrNS/c1-4-7-19-17(10-15-9-14(18)11-20-15)16-8-12(2)5-6-13(16)3/h5-6,8-9,11,17,19H,4,7,10H2,1-3H3. The van der Waals surface area contributed by atoms with E-state index in [4.69, 9.17) is 0 Å². The zero-order chi connectivity index (χ0) is 14.5. The Balaban J connectivity index is 2.24. The lowest BCUT2D eigenvalue weighted by Crippen LogP contribution is -2.24. The highest BCUT2D eigenvalue weighted by Crippen LogP contribution is 2.27. The highest BCUT2D eigenvalue weighted by atomic mass is 79.9. The summed E-state index contributed by atoms with van der Waals surface area (Å²) in [6.07, 6.45) is 2.22. The molecule has 0 aliphatic carbocycles. The predicted octanol–water partition coefficient (Wildman–Crippen LogP) is 5.41. The first kappa shape index (κ1) is 15.7. The van der Waals surface area contributed by atoms with Crippen molar-refractivity contribution in [3.63, 3.8) is 0 Å². The van der Waals surface area contributed by atoms with Gasteiger partial charge in [-0.3, -0.25) is 0 Å². The van der Waals surface area contributed by atoms with Gasteiger partial charge in [0.05, 0.1) is 0 Å². The van der Waals surface area contributed by atoms with Gasteiger partial charge in [0.2, 0.25) is 0 Å². The minimum atomic E-state index is 0.403. The van der Waals surface area contributed by atoms with E-state index in [1.54, 1.807) is 0 Å². The van der Waals surface area contributed by atoms with E-state index in [1.807, 2.05) is 11.3 Å². The highest BCUT2D eigenvalue weighted by Gasteiger charge is 2.15. The summed E-state index contributed by atoms with van der Waals surface area (Å²) in [5.74, 6) is 0. The summed E-state index contributed by atoms with van der Waals surface area (Å²) in [6.45, 7) is 7.65. The van der Waals surface area contributed by atoms with Crippen molar-refractivity contribution < 1.29 is 0 Å². The molecule has 0 bridgehead atoms. The average Bonchev–Trinajstić information content (AvgIpc) is 2.83. The molecule has 0 aliphatic heterocycles. The fourth-order valence-corrected chi connectivity index (χ4v) is 3.91. The summed E-state index contributed by atoms with van der Waals surface area (Å²) in [6, 6.07) is 9.38. The SMILES string of the molecule is CCCNC(Cc1cc(Br)cs1)c1cc(C)ccc1C.